The van der Waals surface area contributed by atoms with Crippen molar-refractivity contribution in [2.45, 2.75) is 0 Å². The normalized spacial score (nSPS) is 14.0. The fraction of sp³-hybridized carbons (Fsp3) is 0.0909. The Labute approximate surface area is 102 Å². The summed E-state index contributed by atoms with van der Waals surface area (Å²) >= 11 is 0. The van der Waals surface area contributed by atoms with E-state index in [0.29, 0.717) is 11.2 Å². The van der Waals surface area contributed by atoms with Crippen LogP contribution in [0, 0.1) is 0 Å². The summed E-state index contributed by atoms with van der Waals surface area (Å²) in [6.07, 6.45) is 1.54. The molecule has 0 aliphatic heterocycles. The van der Waals surface area contributed by atoms with Crippen LogP contribution in [-0.2, 0) is 4.74 Å². The molecule has 0 aliphatic carbocycles. The van der Waals surface area contributed by atoms with Crippen LogP contribution in [-0.4, -0.2) is 29.3 Å². The van der Waals surface area contributed by atoms with Crippen molar-refractivity contribution in [2.24, 2.45) is 5.10 Å². The number of hydrazone groups is 1. The molecule has 1 N–H and O–H groups in total. The predicted molar refractivity (Wildman–Crippen MR) is 62.7 cm³/mol. The number of carbonyl (C=O) groups excluding carboxylic acids is 1. The van der Waals surface area contributed by atoms with Gasteiger partial charge >= 0.3 is 6.09 Å². The van der Waals surface area contributed by atoms with E-state index in [2.05, 4.69) is 19.8 Å². The molecule has 86 valence electrons. The van der Waals surface area contributed by atoms with Gasteiger partial charge in [-0.3, -0.25) is 4.98 Å². The van der Waals surface area contributed by atoms with Crippen molar-refractivity contribution in [3.05, 3.63) is 36.2 Å². The number of aromatic nitrogens is 2. The lowest BCUT2D eigenvalue weighted by atomic mass is 10.3. The molecule has 17 heavy (non-hydrogen) atoms. The maximum Gasteiger partial charge on any atom is 0.427 e. The largest absolute Gasteiger partial charge is 0.452 e. The predicted octanol–water partition coefficient (Wildman–Crippen LogP) is 1.32. The van der Waals surface area contributed by atoms with Gasteiger partial charge in [-0.25, -0.2) is 15.2 Å². The molecule has 0 aliphatic rings. The number of fused-ring (bicyclic) bond motifs is 1. The monoisotopic (exact) mass is 233 g/mol. The van der Waals surface area contributed by atoms with Gasteiger partial charge in [0, 0.05) is 0 Å². The summed E-state index contributed by atoms with van der Waals surface area (Å²) in [4.78, 5) is 19.4. The van der Waals surface area contributed by atoms with Crippen molar-refractivity contribution in [1.82, 2.24) is 15.4 Å². The lowest BCUT2D eigenvalue weighted by molar-refractivity contribution is 0.171. The molecule has 0 bridgehead atoms. The number of para-hydroxylation sites is 2. The Morgan fingerprint density at radius 2 is 2.35 bits per heavy atom. The smallest absolute Gasteiger partial charge is 0.427 e. The quantitative estimate of drug-likeness (QED) is 0.627. The van der Waals surface area contributed by atoms with E-state index >= 15 is 0 Å². The number of hydrogen-bond donors (Lipinski definition) is 1. The molecular formula is C11H10N4O2. The standard InChI is InChI=1S/C11H10N4O2/c1-17-11(16)15-13-7-8-6-12-9-4-2-3-5-10(9)14-8/h2-7H,1H3,(H,15,16)/b13-7-/i1D3. The lowest BCUT2D eigenvalue weighted by Crippen LogP contribution is -2.16. The maximum atomic E-state index is 11.0. The van der Waals surface area contributed by atoms with Gasteiger partial charge in [0.25, 0.3) is 0 Å². The second-order valence-electron chi connectivity index (χ2n) is 3.04. The molecule has 1 heterocycles. The Kier molecular flexibility index (Phi) is 2.28. The van der Waals surface area contributed by atoms with E-state index in [4.69, 9.17) is 4.11 Å². The van der Waals surface area contributed by atoms with Gasteiger partial charge in [0.05, 0.1) is 34.6 Å². The summed E-state index contributed by atoms with van der Waals surface area (Å²) in [6.45, 7) is 0. The van der Waals surface area contributed by atoms with E-state index in [1.165, 1.54) is 12.4 Å². The van der Waals surface area contributed by atoms with Gasteiger partial charge in [-0.2, -0.15) is 5.10 Å². The number of ether oxygens (including phenoxy) is 1. The van der Waals surface area contributed by atoms with Crippen molar-refractivity contribution in [3.63, 3.8) is 0 Å². The van der Waals surface area contributed by atoms with Crippen LogP contribution < -0.4 is 5.43 Å². The van der Waals surface area contributed by atoms with Gasteiger partial charge in [-0.1, -0.05) is 12.1 Å². The first-order valence-electron chi connectivity index (χ1n) is 6.18. The zero-order chi connectivity index (χ0) is 14.6. The molecule has 0 fully saturated rings. The van der Waals surface area contributed by atoms with E-state index in [1.807, 2.05) is 23.6 Å². The van der Waals surface area contributed by atoms with Crippen molar-refractivity contribution >= 4 is 23.3 Å². The van der Waals surface area contributed by atoms with E-state index in [9.17, 15) is 4.79 Å². The fourth-order valence-electron chi connectivity index (χ4n) is 1.21. The molecule has 0 spiro atoms. The van der Waals surface area contributed by atoms with E-state index in [-0.39, 0.29) is 0 Å². The molecule has 2 aromatic rings. The topological polar surface area (TPSA) is 76.5 Å². The van der Waals surface area contributed by atoms with Gasteiger partial charge in [0.1, 0.15) is 5.69 Å². The van der Waals surface area contributed by atoms with Crippen LogP contribution in [0.25, 0.3) is 11.0 Å². The van der Waals surface area contributed by atoms with Crippen LogP contribution in [0.2, 0.25) is 0 Å². The van der Waals surface area contributed by atoms with Crippen LogP contribution in [0.5, 0.6) is 0 Å². The lowest BCUT2D eigenvalue weighted by Gasteiger charge is -1.97. The summed E-state index contributed by atoms with van der Waals surface area (Å²) in [5, 5.41) is 3.53. The first-order valence-corrected chi connectivity index (χ1v) is 4.68. The average Bonchev–Trinajstić information content (AvgIpc) is 2.36. The number of nitrogens with zero attached hydrogens (tertiary/aromatic N) is 3. The van der Waals surface area contributed by atoms with Crippen molar-refractivity contribution < 1.29 is 13.6 Å². The van der Waals surface area contributed by atoms with Crippen LogP contribution in [0.3, 0.4) is 0 Å². The van der Waals surface area contributed by atoms with Gasteiger partial charge in [0.2, 0.25) is 0 Å². The SMILES string of the molecule is [2H]C([2H])([2H])OC(=O)N/N=C\c1cnc2ccccc2n1. The molecule has 1 aromatic heterocycles. The summed E-state index contributed by atoms with van der Waals surface area (Å²) in [6, 6.07) is 7.27. The van der Waals surface area contributed by atoms with Crippen LogP contribution in [0.15, 0.2) is 35.6 Å². The van der Waals surface area contributed by atoms with Gasteiger partial charge in [-0.05, 0) is 12.1 Å². The molecule has 2 rings (SSSR count). The van der Waals surface area contributed by atoms with Crippen LogP contribution >= 0.6 is 0 Å². The Bertz CT molecular complexity index is 657. The summed E-state index contributed by atoms with van der Waals surface area (Å²) in [5.41, 5.74) is 3.75. The Balaban J connectivity index is 2.01. The van der Waals surface area contributed by atoms with Crippen LogP contribution in [0.4, 0.5) is 4.79 Å². The third kappa shape index (κ3) is 2.75. The van der Waals surface area contributed by atoms with Crippen molar-refractivity contribution in [2.75, 3.05) is 7.04 Å². The summed E-state index contributed by atoms with van der Waals surface area (Å²) in [7, 11) is -2.80. The van der Waals surface area contributed by atoms with Crippen molar-refractivity contribution in [1.29, 1.82) is 0 Å². The molecule has 1 aromatic carbocycles. The first kappa shape index (κ1) is 7.72. The minimum Gasteiger partial charge on any atom is -0.452 e. The number of hydrogen-bond acceptors (Lipinski definition) is 5. The third-order valence-electron chi connectivity index (χ3n) is 1.91. The molecule has 6 nitrogen and oxygen atoms in total. The van der Waals surface area contributed by atoms with E-state index in [1.54, 1.807) is 6.07 Å². The molecule has 1 amide bonds. The first-order chi connectivity index (χ1) is 9.44. The molecule has 0 saturated carbocycles. The molecule has 0 unspecified atom stereocenters. The minimum atomic E-state index is -2.80. The van der Waals surface area contributed by atoms with Gasteiger partial charge in [-0.15, -0.1) is 0 Å². The van der Waals surface area contributed by atoms with E-state index < -0.39 is 13.1 Å². The molecule has 0 atom stereocenters. The number of amides is 1. The Hall–Kier alpha value is -2.50. The number of rotatable bonds is 2. The van der Waals surface area contributed by atoms with Gasteiger partial charge in [0.15, 0.2) is 0 Å². The third-order valence-corrected chi connectivity index (χ3v) is 1.91. The molecule has 0 saturated heterocycles. The number of nitrogens with one attached hydrogen (secondary N) is 1. The highest BCUT2D eigenvalue weighted by Crippen LogP contribution is 2.07. The zero-order valence-corrected chi connectivity index (χ0v) is 8.62. The second-order valence-corrected chi connectivity index (χ2v) is 3.04. The summed E-state index contributed by atoms with van der Waals surface area (Å²) in [5.74, 6) is 0. The second kappa shape index (κ2) is 5.02. The molecular weight excluding hydrogens is 220 g/mol. The highest BCUT2D eigenvalue weighted by molar-refractivity contribution is 5.82. The number of methoxy groups -OCH3 is 1. The molecule has 6 heteroatoms. The average molecular weight is 233 g/mol. The molecule has 0 radical (unpaired) electrons. The summed E-state index contributed by atoms with van der Waals surface area (Å²) < 4.78 is 24.2. The Morgan fingerprint density at radius 3 is 3.18 bits per heavy atom. The number of benzene rings is 1. The van der Waals surface area contributed by atoms with Gasteiger partial charge < -0.3 is 4.74 Å². The number of carbonyl (C=O) groups is 1. The highest BCUT2D eigenvalue weighted by Gasteiger charge is 1.97. The maximum absolute atomic E-state index is 11.0. The fourth-order valence-corrected chi connectivity index (χ4v) is 1.21. The zero-order valence-electron chi connectivity index (χ0n) is 11.6. The van der Waals surface area contributed by atoms with Crippen molar-refractivity contribution in [3.8, 4) is 0 Å². The highest BCUT2D eigenvalue weighted by atomic mass is 16.5. The Morgan fingerprint density at radius 1 is 1.53 bits per heavy atom. The van der Waals surface area contributed by atoms with E-state index in [0.717, 1.165) is 5.52 Å². The minimum absolute atomic E-state index is 0.415. The van der Waals surface area contributed by atoms with Crippen LogP contribution in [0.1, 0.15) is 9.81 Å².